The summed E-state index contributed by atoms with van der Waals surface area (Å²) in [6, 6.07) is 1.73. The third-order valence-electron chi connectivity index (χ3n) is 2.16. The van der Waals surface area contributed by atoms with Gasteiger partial charge in [-0.1, -0.05) is 0 Å². The quantitative estimate of drug-likeness (QED) is 0.756. The average Bonchev–Trinajstić information content (AvgIpc) is 2.34. The van der Waals surface area contributed by atoms with Crippen LogP contribution in [-0.4, -0.2) is 49.5 Å². The smallest absolute Gasteiger partial charge is 0.226 e. The van der Waals surface area contributed by atoms with Crippen molar-refractivity contribution in [1.29, 1.82) is 0 Å². The lowest BCUT2D eigenvalue weighted by Crippen LogP contribution is -2.27. The van der Waals surface area contributed by atoms with Gasteiger partial charge < -0.3 is 19.5 Å². The lowest BCUT2D eigenvalue weighted by Gasteiger charge is -2.15. The predicted octanol–water partition coefficient (Wildman–Crippen LogP) is 1.34. The molecule has 1 atom stereocenters. The molecule has 0 aliphatic rings. The molecule has 18 heavy (non-hydrogen) atoms. The van der Waals surface area contributed by atoms with E-state index >= 15 is 0 Å². The van der Waals surface area contributed by atoms with Crippen molar-refractivity contribution in [2.24, 2.45) is 0 Å². The summed E-state index contributed by atoms with van der Waals surface area (Å²) in [5.74, 6) is 1.08. The van der Waals surface area contributed by atoms with E-state index in [1.54, 1.807) is 26.5 Å². The monoisotopic (exact) mass is 255 g/mol. The van der Waals surface area contributed by atoms with Crippen LogP contribution in [0.3, 0.4) is 0 Å². The number of anilines is 1. The molecule has 0 amide bonds. The zero-order chi connectivity index (χ0) is 13.4. The minimum atomic E-state index is -0.0340. The number of nitrogens with zero attached hydrogens (tertiary/aromatic N) is 2. The Hall–Kier alpha value is -1.40. The molecule has 102 valence electrons. The van der Waals surface area contributed by atoms with Crippen LogP contribution in [0.1, 0.15) is 13.8 Å². The summed E-state index contributed by atoms with van der Waals surface area (Å²) >= 11 is 0. The maximum absolute atomic E-state index is 5.49. The van der Waals surface area contributed by atoms with Crippen molar-refractivity contribution in [2.75, 3.05) is 32.7 Å². The standard InChI is InChI=1S/C12H21N3O3/c1-9(2)18-11-5-6-13-12(15-11)14-7-10(17-4)8-16-3/h5-6,9-10H,7-8H2,1-4H3,(H,13,14,15). The Balaban J connectivity index is 2.51. The molecule has 6 heteroatoms. The van der Waals surface area contributed by atoms with Gasteiger partial charge in [-0.3, -0.25) is 0 Å². The number of rotatable bonds is 8. The van der Waals surface area contributed by atoms with Crippen molar-refractivity contribution in [3.8, 4) is 5.88 Å². The Morgan fingerprint density at radius 2 is 2.11 bits per heavy atom. The fourth-order valence-electron chi connectivity index (χ4n) is 1.34. The SMILES string of the molecule is COCC(CNc1nccc(OC(C)C)n1)OC. The van der Waals surface area contributed by atoms with Crippen LogP contribution < -0.4 is 10.1 Å². The van der Waals surface area contributed by atoms with E-state index in [1.165, 1.54) is 0 Å². The molecule has 0 aliphatic heterocycles. The van der Waals surface area contributed by atoms with Crippen LogP contribution in [0.15, 0.2) is 12.3 Å². The summed E-state index contributed by atoms with van der Waals surface area (Å²) < 4.78 is 15.8. The van der Waals surface area contributed by atoms with Gasteiger partial charge in [0.25, 0.3) is 0 Å². The number of methoxy groups -OCH3 is 2. The van der Waals surface area contributed by atoms with E-state index in [0.29, 0.717) is 25.0 Å². The van der Waals surface area contributed by atoms with Gasteiger partial charge >= 0.3 is 0 Å². The number of nitrogens with one attached hydrogen (secondary N) is 1. The lowest BCUT2D eigenvalue weighted by atomic mass is 10.4. The second-order valence-electron chi connectivity index (χ2n) is 4.08. The highest BCUT2D eigenvalue weighted by molar-refractivity contribution is 5.27. The normalized spacial score (nSPS) is 12.5. The summed E-state index contributed by atoms with van der Waals surface area (Å²) in [7, 11) is 3.28. The Kier molecular flexibility index (Phi) is 6.38. The molecule has 0 saturated heterocycles. The van der Waals surface area contributed by atoms with Gasteiger partial charge in [0, 0.05) is 33.0 Å². The molecule has 0 spiro atoms. The van der Waals surface area contributed by atoms with E-state index in [4.69, 9.17) is 14.2 Å². The molecule has 0 saturated carbocycles. The summed E-state index contributed by atoms with van der Waals surface area (Å²) in [4.78, 5) is 8.35. The molecule has 1 unspecified atom stereocenters. The first-order valence-corrected chi connectivity index (χ1v) is 5.91. The minimum Gasteiger partial charge on any atom is -0.475 e. The molecule has 6 nitrogen and oxygen atoms in total. The van der Waals surface area contributed by atoms with Gasteiger partial charge in [0.2, 0.25) is 11.8 Å². The first-order valence-electron chi connectivity index (χ1n) is 5.91. The second kappa shape index (κ2) is 7.84. The van der Waals surface area contributed by atoms with Gasteiger partial charge in [-0.15, -0.1) is 0 Å². The van der Waals surface area contributed by atoms with Gasteiger partial charge in [0.1, 0.15) is 0 Å². The molecule has 1 heterocycles. The minimum absolute atomic E-state index is 0.0340. The van der Waals surface area contributed by atoms with E-state index in [0.717, 1.165) is 0 Å². The second-order valence-corrected chi connectivity index (χ2v) is 4.08. The van der Waals surface area contributed by atoms with Gasteiger partial charge in [-0.25, -0.2) is 4.98 Å². The maximum atomic E-state index is 5.49. The van der Waals surface area contributed by atoms with Crippen LogP contribution in [0.2, 0.25) is 0 Å². The van der Waals surface area contributed by atoms with E-state index in [2.05, 4.69) is 15.3 Å². The van der Waals surface area contributed by atoms with Crippen LogP contribution in [0.25, 0.3) is 0 Å². The fraction of sp³-hybridized carbons (Fsp3) is 0.667. The maximum Gasteiger partial charge on any atom is 0.226 e. The van der Waals surface area contributed by atoms with Crippen LogP contribution >= 0.6 is 0 Å². The molecule has 0 fully saturated rings. The van der Waals surface area contributed by atoms with E-state index in [9.17, 15) is 0 Å². The van der Waals surface area contributed by atoms with E-state index in [1.807, 2.05) is 13.8 Å². The summed E-state index contributed by atoms with van der Waals surface area (Å²) in [5.41, 5.74) is 0. The van der Waals surface area contributed by atoms with E-state index in [-0.39, 0.29) is 12.2 Å². The predicted molar refractivity (Wildman–Crippen MR) is 69.0 cm³/mol. The first-order chi connectivity index (χ1) is 8.65. The third-order valence-corrected chi connectivity index (χ3v) is 2.16. The van der Waals surface area contributed by atoms with Crippen molar-refractivity contribution in [1.82, 2.24) is 9.97 Å². The molecule has 1 N–H and O–H groups in total. The number of ether oxygens (including phenoxy) is 3. The summed E-state index contributed by atoms with van der Waals surface area (Å²) in [5, 5.41) is 3.09. The molecule has 1 rings (SSSR count). The van der Waals surface area contributed by atoms with Crippen molar-refractivity contribution in [3.05, 3.63) is 12.3 Å². The molecular formula is C12H21N3O3. The topological polar surface area (TPSA) is 65.5 Å². The lowest BCUT2D eigenvalue weighted by molar-refractivity contribution is 0.0364. The Labute approximate surface area is 108 Å². The van der Waals surface area contributed by atoms with Gasteiger partial charge in [0.05, 0.1) is 18.8 Å². The number of hydrogen-bond donors (Lipinski definition) is 1. The number of aromatic nitrogens is 2. The summed E-state index contributed by atoms with van der Waals surface area (Å²) in [6.45, 7) is 5.00. The van der Waals surface area contributed by atoms with Crippen molar-refractivity contribution in [3.63, 3.8) is 0 Å². The van der Waals surface area contributed by atoms with E-state index < -0.39 is 0 Å². The van der Waals surface area contributed by atoms with Crippen LogP contribution in [0, 0.1) is 0 Å². The Morgan fingerprint density at radius 1 is 1.33 bits per heavy atom. The van der Waals surface area contributed by atoms with Crippen molar-refractivity contribution < 1.29 is 14.2 Å². The third kappa shape index (κ3) is 5.29. The van der Waals surface area contributed by atoms with Gasteiger partial charge in [-0.05, 0) is 13.8 Å². The molecular weight excluding hydrogens is 234 g/mol. The molecule has 1 aromatic heterocycles. The highest BCUT2D eigenvalue weighted by atomic mass is 16.5. The van der Waals surface area contributed by atoms with Crippen LogP contribution in [0.4, 0.5) is 5.95 Å². The zero-order valence-electron chi connectivity index (χ0n) is 11.3. The molecule has 0 bridgehead atoms. The summed E-state index contributed by atoms with van der Waals surface area (Å²) in [6.07, 6.45) is 1.71. The van der Waals surface area contributed by atoms with Crippen molar-refractivity contribution in [2.45, 2.75) is 26.1 Å². The zero-order valence-corrected chi connectivity index (χ0v) is 11.3. The van der Waals surface area contributed by atoms with Crippen LogP contribution in [-0.2, 0) is 9.47 Å². The average molecular weight is 255 g/mol. The molecule has 0 aliphatic carbocycles. The Bertz CT molecular complexity index is 347. The first kappa shape index (κ1) is 14.7. The highest BCUT2D eigenvalue weighted by Crippen LogP contribution is 2.10. The molecule has 1 aromatic rings. The Morgan fingerprint density at radius 3 is 2.72 bits per heavy atom. The molecule has 0 radical (unpaired) electrons. The van der Waals surface area contributed by atoms with Gasteiger partial charge in [-0.2, -0.15) is 4.98 Å². The van der Waals surface area contributed by atoms with Crippen molar-refractivity contribution >= 4 is 5.95 Å². The van der Waals surface area contributed by atoms with Crippen LogP contribution in [0.5, 0.6) is 5.88 Å². The van der Waals surface area contributed by atoms with Gasteiger partial charge in [0.15, 0.2) is 0 Å². The fourth-order valence-corrected chi connectivity index (χ4v) is 1.34. The largest absolute Gasteiger partial charge is 0.475 e. The number of hydrogen-bond acceptors (Lipinski definition) is 6. The molecule has 0 aromatic carbocycles. The highest BCUT2D eigenvalue weighted by Gasteiger charge is 2.08.